The molecule has 29 heavy (non-hydrogen) atoms. The van der Waals surface area contributed by atoms with E-state index in [4.69, 9.17) is 0 Å². The van der Waals surface area contributed by atoms with Gasteiger partial charge in [0.25, 0.3) is 5.91 Å². The maximum atomic E-state index is 12.4. The Hall–Kier alpha value is -2.71. The van der Waals surface area contributed by atoms with E-state index in [-0.39, 0.29) is 12.5 Å². The summed E-state index contributed by atoms with van der Waals surface area (Å²) in [5.41, 5.74) is 5.41. The fourth-order valence-corrected chi connectivity index (χ4v) is 4.00. The highest BCUT2D eigenvalue weighted by atomic mass is 32.2. The van der Waals surface area contributed by atoms with Crippen LogP contribution < -0.4 is 9.73 Å². The number of piperidine rings is 1. The van der Waals surface area contributed by atoms with Gasteiger partial charge in [0.1, 0.15) is 0 Å². The third-order valence-electron chi connectivity index (χ3n) is 4.87. The van der Waals surface area contributed by atoms with Crippen LogP contribution in [-0.2, 0) is 16.6 Å². The second-order valence-electron chi connectivity index (χ2n) is 7.22. The van der Waals surface area contributed by atoms with Gasteiger partial charge >= 0.3 is 0 Å². The average Bonchev–Trinajstić information content (AvgIpc) is 2.71. The average molecular weight is 415 g/mol. The fourth-order valence-electron chi connectivity index (χ4n) is 3.11. The number of hydrogen-bond acceptors (Lipinski definition) is 5. The van der Waals surface area contributed by atoms with Gasteiger partial charge in [0, 0.05) is 37.2 Å². The summed E-state index contributed by atoms with van der Waals surface area (Å²) in [7, 11) is -1.41. The third-order valence-corrected chi connectivity index (χ3v) is 6.01. The molecule has 0 unspecified atom stereocenters. The van der Waals surface area contributed by atoms with Crippen LogP contribution in [0.4, 0.5) is 5.69 Å². The number of hydrazone groups is 1. The normalized spacial score (nSPS) is 15.0. The molecule has 2 aromatic carbocycles. The first-order chi connectivity index (χ1) is 13.8. The molecular formula is C21H26N4O3S. The molecule has 1 amide bonds. The number of amides is 1. The highest BCUT2D eigenvalue weighted by Gasteiger charge is 2.18. The largest absolute Gasteiger partial charge is 0.306 e. The Morgan fingerprint density at radius 1 is 1.07 bits per heavy atom. The van der Waals surface area contributed by atoms with Crippen LogP contribution in [0.3, 0.4) is 0 Å². The molecule has 1 heterocycles. The quantitative estimate of drug-likeness (QED) is 0.736. The molecule has 2 aromatic rings. The summed E-state index contributed by atoms with van der Waals surface area (Å²) < 4.78 is 25.9. The molecule has 1 saturated heterocycles. The smallest absolute Gasteiger partial charge is 0.271 e. The van der Waals surface area contributed by atoms with Crippen LogP contribution >= 0.6 is 0 Å². The summed E-state index contributed by atoms with van der Waals surface area (Å²) in [6.45, 7) is 2.10. The maximum absolute atomic E-state index is 12.4. The highest BCUT2D eigenvalue weighted by Crippen LogP contribution is 2.21. The second-order valence-corrected chi connectivity index (χ2v) is 9.13. The van der Waals surface area contributed by atoms with Crippen molar-refractivity contribution in [3.8, 4) is 0 Å². The Morgan fingerprint density at radius 3 is 2.28 bits per heavy atom. The molecule has 0 atom stereocenters. The second kappa shape index (κ2) is 9.19. The minimum Gasteiger partial charge on any atom is -0.306 e. The topological polar surface area (TPSA) is 82.1 Å². The fraction of sp³-hybridized carbons (Fsp3) is 0.333. The number of benzene rings is 2. The third kappa shape index (κ3) is 5.88. The maximum Gasteiger partial charge on any atom is 0.271 e. The van der Waals surface area contributed by atoms with Gasteiger partial charge in [-0.25, -0.2) is 13.8 Å². The van der Waals surface area contributed by atoms with Crippen LogP contribution in [0.5, 0.6) is 0 Å². The number of likely N-dealkylation sites (tertiary alicyclic amines) is 1. The molecule has 1 fully saturated rings. The van der Waals surface area contributed by atoms with Crippen LogP contribution in [0.1, 0.15) is 28.8 Å². The van der Waals surface area contributed by atoms with Crippen molar-refractivity contribution in [1.29, 1.82) is 0 Å². The molecular weight excluding hydrogens is 388 g/mol. The molecule has 7 nitrogen and oxygen atoms in total. The van der Waals surface area contributed by atoms with Gasteiger partial charge in [-0.2, -0.15) is 5.10 Å². The van der Waals surface area contributed by atoms with E-state index < -0.39 is 10.0 Å². The Labute approximate surface area is 172 Å². The number of anilines is 1. The minimum atomic E-state index is -3.47. The number of hydrogen-bond donors (Lipinski definition) is 1. The van der Waals surface area contributed by atoms with E-state index in [0.29, 0.717) is 11.3 Å². The van der Waals surface area contributed by atoms with Gasteiger partial charge in [-0.1, -0.05) is 30.3 Å². The van der Waals surface area contributed by atoms with E-state index in [0.717, 1.165) is 37.2 Å². The number of carbonyl (C=O) groups is 1. The molecule has 3 rings (SSSR count). The van der Waals surface area contributed by atoms with E-state index in [1.165, 1.54) is 10.6 Å². The molecule has 0 radical (unpaired) electrons. The highest BCUT2D eigenvalue weighted by molar-refractivity contribution is 7.92. The number of carbonyl (C=O) groups excluding carboxylic acids is 1. The first-order valence-electron chi connectivity index (χ1n) is 9.49. The van der Waals surface area contributed by atoms with Crippen molar-refractivity contribution in [2.75, 3.05) is 30.7 Å². The molecule has 8 heteroatoms. The van der Waals surface area contributed by atoms with Gasteiger partial charge < -0.3 is 4.90 Å². The molecule has 0 aromatic heterocycles. The summed E-state index contributed by atoms with van der Waals surface area (Å²) in [5.74, 6) is -0.308. The number of nitrogens with zero attached hydrogens (tertiary/aromatic N) is 3. The number of nitrogens with one attached hydrogen (secondary N) is 1. The summed E-state index contributed by atoms with van der Waals surface area (Å²) >= 11 is 0. The van der Waals surface area contributed by atoms with Gasteiger partial charge in [0.05, 0.1) is 18.5 Å². The summed E-state index contributed by atoms with van der Waals surface area (Å²) in [4.78, 5) is 14.6. The summed E-state index contributed by atoms with van der Waals surface area (Å²) in [5, 5.41) is 4.23. The Bertz CT molecular complexity index is 963. The van der Waals surface area contributed by atoms with E-state index in [1.54, 1.807) is 24.3 Å². The van der Waals surface area contributed by atoms with Crippen molar-refractivity contribution in [2.45, 2.75) is 19.4 Å². The van der Waals surface area contributed by atoms with Gasteiger partial charge in [0.2, 0.25) is 10.0 Å². The predicted octanol–water partition coefficient (Wildman–Crippen LogP) is 2.46. The van der Waals surface area contributed by atoms with Gasteiger partial charge in [-0.05, 0) is 36.9 Å². The molecule has 0 spiro atoms. The Kier molecular flexibility index (Phi) is 6.66. The van der Waals surface area contributed by atoms with E-state index >= 15 is 0 Å². The lowest BCUT2D eigenvalue weighted by molar-refractivity contribution is 0.0954. The van der Waals surface area contributed by atoms with E-state index in [9.17, 15) is 13.2 Å². The lowest BCUT2D eigenvalue weighted by Gasteiger charge is -2.23. The Morgan fingerprint density at radius 2 is 1.69 bits per heavy atom. The zero-order valence-electron chi connectivity index (χ0n) is 16.7. The summed E-state index contributed by atoms with van der Waals surface area (Å²) in [6, 6.07) is 15.9. The Balaban J connectivity index is 1.70. The van der Waals surface area contributed by atoms with Gasteiger partial charge in [0.15, 0.2) is 0 Å². The molecule has 154 valence electrons. The van der Waals surface area contributed by atoms with Crippen molar-refractivity contribution in [2.24, 2.45) is 5.10 Å². The van der Waals surface area contributed by atoms with Crippen LogP contribution in [0.15, 0.2) is 59.7 Å². The zero-order valence-corrected chi connectivity index (χ0v) is 17.5. The van der Waals surface area contributed by atoms with Crippen LogP contribution in [0.25, 0.3) is 0 Å². The summed E-state index contributed by atoms with van der Waals surface area (Å²) in [6.07, 6.45) is 2.87. The first kappa shape index (κ1) is 21.0. The molecule has 0 aliphatic carbocycles. The van der Waals surface area contributed by atoms with Crippen molar-refractivity contribution in [3.05, 3.63) is 65.7 Å². The molecule has 1 N–H and O–H groups in total. The SMILES string of the molecule is CN1CCC(=NNC(=O)c2ccc(N(Cc3ccccc3)S(C)(=O)=O)cc2)CC1. The van der Waals surface area contributed by atoms with Crippen LogP contribution in [0, 0.1) is 0 Å². The number of sulfonamides is 1. The van der Waals surface area contributed by atoms with Crippen molar-refractivity contribution in [3.63, 3.8) is 0 Å². The van der Waals surface area contributed by atoms with Crippen molar-refractivity contribution < 1.29 is 13.2 Å². The number of rotatable bonds is 6. The zero-order chi connectivity index (χ0) is 20.9. The van der Waals surface area contributed by atoms with E-state index in [2.05, 4.69) is 22.5 Å². The van der Waals surface area contributed by atoms with Crippen LogP contribution in [-0.4, -0.2) is 51.3 Å². The van der Waals surface area contributed by atoms with E-state index in [1.807, 2.05) is 30.3 Å². The monoisotopic (exact) mass is 414 g/mol. The van der Waals surface area contributed by atoms with Crippen molar-refractivity contribution >= 4 is 27.3 Å². The first-order valence-corrected chi connectivity index (χ1v) is 11.3. The lowest BCUT2D eigenvalue weighted by Crippen LogP contribution is -2.32. The standard InChI is InChI=1S/C21H26N4O3S/c1-24-14-12-19(13-15-24)22-23-21(26)18-8-10-20(11-9-18)25(29(2,27)28)16-17-6-4-3-5-7-17/h3-11H,12-16H2,1-2H3,(H,23,26). The predicted molar refractivity (Wildman–Crippen MR) is 116 cm³/mol. The van der Waals surface area contributed by atoms with Crippen molar-refractivity contribution in [1.82, 2.24) is 10.3 Å². The van der Waals surface area contributed by atoms with Crippen LogP contribution in [0.2, 0.25) is 0 Å². The van der Waals surface area contributed by atoms with Gasteiger partial charge in [-0.15, -0.1) is 0 Å². The molecule has 0 bridgehead atoms. The minimum absolute atomic E-state index is 0.229. The molecule has 1 aliphatic heterocycles. The lowest BCUT2D eigenvalue weighted by atomic mass is 10.1. The molecule has 1 aliphatic rings. The molecule has 0 saturated carbocycles. The van der Waals surface area contributed by atoms with Gasteiger partial charge in [-0.3, -0.25) is 9.10 Å².